The van der Waals surface area contributed by atoms with Gasteiger partial charge in [-0.3, -0.25) is 15.0 Å². The number of aromatic nitrogens is 5. The topological polar surface area (TPSA) is 88.6 Å². The fourth-order valence-electron chi connectivity index (χ4n) is 3.95. The van der Waals surface area contributed by atoms with Crippen LogP contribution in [0.25, 0.3) is 22.8 Å². The van der Waals surface area contributed by atoms with E-state index in [9.17, 15) is 4.79 Å². The van der Waals surface area contributed by atoms with E-state index in [2.05, 4.69) is 46.6 Å². The largest absolute Gasteiger partial charge is 0.492 e. The zero-order chi connectivity index (χ0) is 21.4. The van der Waals surface area contributed by atoms with Crippen LogP contribution in [0.2, 0.25) is 0 Å². The van der Waals surface area contributed by atoms with E-state index >= 15 is 0 Å². The van der Waals surface area contributed by atoms with Gasteiger partial charge in [-0.2, -0.15) is 4.98 Å². The van der Waals surface area contributed by atoms with Crippen LogP contribution in [0.4, 0.5) is 0 Å². The molecule has 8 heteroatoms. The van der Waals surface area contributed by atoms with Crippen LogP contribution in [-0.2, 0) is 6.42 Å². The normalized spacial score (nSPS) is 15.2. The quantitative estimate of drug-likeness (QED) is 0.445. The van der Waals surface area contributed by atoms with E-state index in [1.54, 1.807) is 6.07 Å². The van der Waals surface area contributed by atoms with Crippen molar-refractivity contribution in [3.05, 3.63) is 44.6 Å². The van der Waals surface area contributed by atoms with Gasteiger partial charge in [-0.15, -0.1) is 0 Å². The number of hydrogen-bond donors (Lipinski definition) is 2. The first kappa shape index (κ1) is 20.5. The highest BCUT2D eigenvalue weighted by Crippen LogP contribution is 2.39. The molecule has 0 bridgehead atoms. The van der Waals surface area contributed by atoms with Gasteiger partial charge in [0.05, 0.1) is 29.3 Å². The number of H-pyrrole nitrogens is 2. The Bertz CT molecular complexity index is 1190. The minimum absolute atomic E-state index is 0.114. The predicted octanol–water partition coefficient (Wildman–Crippen LogP) is 4.60. The third-order valence-corrected chi connectivity index (χ3v) is 5.83. The molecular weight excluding hydrogens is 398 g/mol. The van der Waals surface area contributed by atoms with E-state index in [1.165, 1.54) is 0 Å². The van der Waals surface area contributed by atoms with E-state index in [1.807, 2.05) is 13.1 Å². The summed E-state index contributed by atoms with van der Waals surface area (Å²) in [7, 11) is 0. The molecule has 0 aromatic carbocycles. The van der Waals surface area contributed by atoms with Crippen molar-refractivity contribution in [2.45, 2.75) is 53.0 Å². The van der Waals surface area contributed by atoms with Gasteiger partial charge in [0.25, 0.3) is 0 Å². The fourth-order valence-corrected chi connectivity index (χ4v) is 4.09. The zero-order valence-corrected chi connectivity index (χ0v) is 18.6. The summed E-state index contributed by atoms with van der Waals surface area (Å²) in [5.74, 6) is 1.66. The summed E-state index contributed by atoms with van der Waals surface area (Å²) in [6.45, 7) is 9.18. The molecule has 30 heavy (non-hydrogen) atoms. The third-order valence-electron chi connectivity index (χ3n) is 5.64. The van der Waals surface area contributed by atoms with Crippen molar-refractivity contribution in [2.24, 2.45) is 5.92 Å². The summed E-state index contributed by atoms with van der Waals surface area (Å²) in [6.07, 6.45) is 4.82. The van der Waals surface area contributed by atoms with Gasteiger partial charge in [0, 0.05) is 18.3 Å². The maximum absolute atomic E-state index is 12.9. The van der Waals surface area contributed by atoms with E-state index in [4.69, 9.17) is 21.9 Å². The minimum atomic E-state index is -0.114. The van der Waals surface area contributed by atoms with Gasteiger partial charge in [0.1, 0.15) is 5.75 Å². The van der Waals surface area contributed by atoms with E-state index < -0.39 is 0 Å². The molecule has 158 valence electrons. The highest BCUT2D eigenvalue weighted by atomic mass is 32.1. The summed E-state index contributed by atoms with van der Waals surface area (Å²) in [5, 5.41) is 5.65. The van der Waals surface area contributed by atoms with Gasteiger partial charge in [-0.25, -0.2) is 4.98 Å². The molecule has 3 aromatic heterocycles. The SMILES string of the molecule is CCCCOc1cc2c(nc1C)-c1cc(=O)c(-c3nc(=S)[nH][nH]3)cn1[C@H](C(C)C)C2. The van der Waals surface area contributed by atoms with Crippen molar-refractivity contribution < 1.29 is 4.74 Å². The first-order chi connectivity index (χ1) is 14.4. The molecule has 0 aliphatic carbocycles. The maximum Gasteiger partial charge on any atom is 0.213 e. The van der Waals surface area contributed by atoms with Gasteiger partial charge in [0.15, 0.2) is 11.3 Å². The van der Waals surface area contributed by atoms with Crippen LogP contribution in [0.15, 0.2) is 23.1 Å². The Morgan fingerprint density at radius 2 is 2.10 bits per heavy atom. The molecule has 0 fully saturated rings. The van der Waals surface area contributed by atoms with Crippen LogP contribution >= 0.6 is 12.2 Å². The molecule has 3 aromatic rings. The van der Waals surface area contributed by atoms with Gasteiger partial charge < -0.3 is 9.30 Å². The first-order valence-electron chi connectivity index (χ1n) is 10.4. The van der Waals surface area contributed by atoms with Crippen LogP contribution in [0.1, 0.15) is 50.9 Å². The lowest BCUT2D eigenvalue weighted by Crippen LogP contribution is -2.27. The van der Waals surface area contributed by atoms with Crippen molar-refractivity contribution in [1.82, 2.24) is 24.7 Å². The maximum atomic E-state index is 12.9. The number of unbranched alkanes of at least 4 members (excludes halogenated alkanes) is 1. The van der Waals surface area contributed by atoms with Gasteiger partial charge in [-0.1, -0.05) is 27.2 Å². The van der Waals surface area contributed by atoms with Crippen molar-refractivity contribution in [1.29, 1.82) is 0 Å². The standard InChI is InChI=1S/C22H27N5O2S/c1-5-6-7-29-19-9-14-8-16(12(2)3)27-11-15(21-24-22(30)26-25-21)18(28)10-17(27)20(14)23-13(19)4/h9-12,16H,5-8H2,1-4H3,(H2,24,25,26,30)/t16-/m0/s1. The minimum Gasteiger partial charge on any atom is -0.492 e. The lowest BCUT2D eigenvalue weighted by molar-refractivity contribution is 0.304. The molecule has 0 amide bonds. The van der Waals surface area contributed by atoms with Crippen LogP contribution < -0.4 is 10.2 Å². The molecule has 0 saturated heterocycles. The van der Waals surface area contributed by atoms with Gasteiger partial charge >= 0.3 is 0 Å². The summed E-state index contributed by atoms with van der Waals surface area (Å²) >= 11 is 5.05. The Labute approximate surface area is 180 Å². The second-order valence-corrected chi connectivity index (χ2v) is 8.54. The monoisotopic (exact) mass is 425 g/mol. The number of rotatable bonds is 6. The lowest BCUT2D eigenvalue weighted by Gasteiger charge is -2.33. The molecule has 1 aliphatic heterocycles. The number of ether oxygens (including phenoxy) is 1. The second kappa shape index (κ2) is 8.18. The highest BCUT2D eigenvalue weighted by molar-refractivity contribution is 7.71. The van der Waals surface area contributed by atoms with Crippen molar-refractivity contribution >= 4 is 12.2 Å². The number of fused-ring (bicyclic) bond motifs is 3. The smallest absolute Gasteiger partial charge is 0.213 e. The van der Waals surface area contributed by atoms with Crippen LogP contribution in [0.3, 0.4) is 0 Å². The Balaban J connectivity index is 1.85. The zero-order valence-electron chi connectivity index (χ0n) is 17.8. The average Bonchev–Trinajstić information content (AvgIpc) is 3.13. The number of pyridine rings is 2. The number of aryl methyl sites for hydroxylation is 1. The van der Waals surface area contributed by atoms with Crippen molar-refractivity contribution in [2.75, 3.05) is 6.61 Å². The Morgan fingerprint density at radius 3 is 2.77 bits per heavy atom. The summed E-state index contributed by atoms with van der Waals surface area (Å²) in [4.78, 5) is 22.0. The van der Waals surface area contributed by atoms with E-state index in [0.717, 1.165) is 47.7 Å². The lowest BCUT2D eigenvalue weighted by atomic mass is 9.89. The summed E-state index contributed by atoms with van der Waals surface area (Å²) < 4.78 is 8.46. The van der Waals surface area contributed by atoms with Gasteiger partial charge in [0.2, 0.25) is 4.77 Å². The summed E-state index contributed by atoms with van der Waals surface area (Å²) in [5.41, 5.74) is 4.03. The number of hydrogen-bond acceptors (Lipinski definition) is 5. The van der Waals surface area contributed by atoms with Crippen LogP contribution in [-0.4, -0.2) is 31.3 Å². The van der Waals surface area contributed by atoms with E-state index in [-0.39, 0.29) is 11.5 Å². The fraction of sp³-hybridized carbons (Fsp3) is 0.455. The molecule has 0 radical (unpaired) electrons. The van der Waals surface area contributed by atoms with E-state index in [0.29, 0.717) is 28.7 Å². The molecule has 0 spiro atoms. The highest BCUT2D eigenvalue weighted by Gasteiger charge is 2.29. The average molecular weight is 426 g/mol. The number of nitrogens with one attached hydrogen (secondary N) is 2. The number of aromatic amines is 2. The first-order valence-corrected chi connectivity index (χ1v) is 10.8. The molecule has 1 aliphatic rings. The molecule has 0 unspecified atom stereocenters. The summed E-state index contributed by atoms with van der Waals surface area (Å²) in [6, 6.07) is 3.97. The number of nitrogens with zero attached hydrogens (tertiary/aromatic N) is 3. The Morgan fingerprint density at radius 1 is 1.30 bits per heavy atom. The molecule has 4 heterocycles. The predicted molar refractivity (Wildman–Crippen MR) is 119 cm³/mol. The van der Waals surface area contributed by atoms with Gasteiger partial charge in [-0.05, 0) is 49.5 Å². The van der Waals surface area contributed by atoms with Crippen molar-refractivity contribution in [3.8, 4) is 28.5 Å². The van der Waals surface area contributed by atoms with Crippen LogP contribution in [0, 0.1) is 17.6 Å². The third kappa shape index (κ3) is 3.71. The van der Waals surface area contributed by atoms with Crippen molar-refractivity contribution in [3.63, 3.8) is 0 Å². The Kier molecular flexibility index (Phi) is 5.60. The molecule has 2 N–H and O–H groups in total. The molecule has 4 rings (SSSR count). The Hall–Kier alpha value is -2.74. The molecular formula is C22H27N5O2S. The van der Waals surface area contributed by atoms with Crippen LogP contribution in [0.5, 0.6) is 5.75 Å². The molecule has 0 saturated carbocycles. The molecule has 1 atom stereocenters. The second-order valence-electron chi connectivity index (χ2n) is 8.16. The molecule has 7 nitrogen and oxygen atoms in total.